The molecule has 4 heteroatoms. The smallest absolute Gasteiger partial charge is 0.220 e. The van der Waals surface area contributed by atoms with Crippen LogP contribution >= 0.6 is 0 Å². The van der Waals surface area contributed by atoms with Gasteiger partial charge < -0.3 is 4.42 Å². The molecule has 0 bridgehead atoms. The molecule has 1 aromatic rings. The Bertz CT molecular complexity index is 370. The summed E-state index contributed by atoms with van der Waals surface area (Å²) in [4.78, 5) is 2.64. The zero-order valence-electron chi connectivity index (χ0n) is 10.6. The second kappa shape index (κ2) is 4.77. The molecule has 1 aliphatic carbocycles. The predicted molar refractivity (Wildman–Crippen MR) is 64.8 cm³/mol. The minimum Gasteiger partial charge on any atom is -0.425 e. The van der Waals surface area contributed by atoms with Crippen LogP contribution in [0, 0.1) is 6.92 Å². The first-order chi connectivity index (χ1) is 8.33. The van der Waals surface area contributed by atoms with Crippen molar-refractivity contribution in [2.75, 3.05) is 13.1 Å². The first-order valence-corrected chi connectivity index (χ1v) is 6.87. The van der Waals surface area contributed by atoms with E-state index in [1.54, 1.807) is 0 Å². The van der Waals surface area contributed by atoms with Gasteiger partial charge in [0.2, 0.25) is 11.8 Å². The van der Waals surface area contributed by atoms with E-state index in [0.29, 0.717) is 11.8 Å². The Morgan fingerprint density at radius 2 is 1.94 bits per heavy atom. The van der Waals surface area contributed by atoms with Crippen molar-refractivity contribution in [3.05, 3.63) is 11.8 Å². The van der Waals surface area contributed by atoms with Gasteiger partial charge in [0.05, 0.1) is 5.92 Å². The van der Waals surface area contributed by atoms with E-state index >= 15 is 0 Å². The number of aromatic nitrogens is 2. The molecule has 0 spiro atoms. The van der Waals surface area contributed by atoms with Gasteiger partial charge in [0, 0.05) is 19.5 Å². The molecule has 2 aliphatic rings. The predicted octanol–water partition coefficient (Wildman–Crippen LogP) is 2.50. The lowest BCUT2D eigenvalue weighted by atomic mass is 9.94. The van der Waals surface area contributed by atoms with Crippen molar-refractivity contribution in [3.63, 3.8) is 0 Å². The SMILES string of the molecule is Cc1nnc([C@H]2CCN(C3CCCCC3)C2)o1. The average molecular weight is 235 g/mol. The molecule has 1 saturated heterocycles. The maximum Gasteiger partial charge on any atom is 0.220 e. The van der Waals surface area contributed by atoms with Crippen LogP contribution in [-0.2, 0) is 0 Å². The molecular weight excluding hydrogens is 214 g/mol. The highest BCUT2D eigenvalue weighted by atomic mass is 16.4. The number of aryl methyl sites for hydroxylation is 1. The van der Waals surface area contributed by atoms with Gasteiger partial charge in [-0.25, -0.2) is 0 Å². The summed E-state index contributed by atoms with van der Waals surface area (Å²) in [6.45, 7) is 4.19. The van der Waals surface area contributed by atoms with Crippen LogP contribution < -0.4 is 0 Å². The van der Waals surface area contributed by atoms with Crippen molar-refractivity contribution < 1.29 is 4.42 Å². The van der Waals surface area contributed by atoms with Gasteiger partial charge in [0.15, 0.2) is 0 Å². The Morgan fingerprint density at radius 3 is 2.65 bits per heavy atom. The monoisotopic (exact) mass is 235 g/mol. The second-order valence-electron chi connectivity index (χ2n) is 5.43. The Kier molecular flexibility index (Phi) is 3.14. The first kappa shape index (κ1) is 11.2. The summed E-state index contributed by atoms with van der Waals surface area (Å²) >= 11 is 0. The van der Waals surface area contributed by atoms with Crippen LogP contribution in [0.1, 0.15) is 56.2 Å². The Balaban J connectivity index is 1.61. The molecule has 0 radical (unpaired) electrons. The number of hydrogen-bond donors (Lipinski definition) is 0. The Morgan fingerprint density at radius 1 is 1.12 bits per heavy atom. The van der Waals surface area contributed by atoms with E-state index in [-0.39, 0.29) is 0 Å². The van der Waals surface area contributed by atoms with Crippen molar-refractivity contribution in [1.29, 1.82) is 0 Å². The molecule has 3 rings (SSSR count). The fourth-order valence-electron chi connectivity index (χ4n) is 3.24. The van der Waals surface area contributed by atoms with Crippen LogP contribution in [0.5, 0.6) is 0 Å². The minimum absolute atomic E-state index is 0.470. The molecule has 0 unspecified atom stereocenters. The third-order valence-corrected chi connectivity index (χ3v) is 4.20. The molecule has 2 fully saturated rings. The van der Waals surface area contributed by atoms with Gasteiger partial charge in [0.25, 0.3) is 0 Å². The van der Waals surface area contributed by atoms with E-state index in [0.717, 1.165) is 18.5 Å². The molecule has 0 amide bonds. The molecule has 94 valence electrons. The fraction of sp³-hybridized carbons (Fsp3) is 0.846. The normalized spacial score (nSPS) is 27.7. The van der Waals surface area contributed by atoms with Crippen LogP contribution in [0.25, 0.3) is 0 Å². The van der Waals surface area contributed by atoms with Crippen molar-refractivity contribution in [2.45, 2.75) is 57.4 Å². The third-order valence-electron chi connectivity index (χ3n) is 4.20. The molecule has 2 heterocycles. The van der Waals surface area contributed by atoms with Crippen LogP contribution in [0.15, 0.2) is 4.42 Å². The van der Waals surface area contributed by atoms with Gasteiger partial charge in [-0.1, -0.05) is 19.3 Å². The molecule has 1 saturated carbocycles. The highest BCUT2D eigenvalue weighted by Crippen LogP contribution is 2.31. The summed E-state index contributed by atoms with van der Waals surface area (Å²) in [5.74, 6) is 2.01. The lowest BCUT2D eigenvalue weighted by molar-refractivity contribution is 0.187. The van der Waals surface area contributed by atoms with Crippen LogP contribution in [-0.4, -0.2) is 34.2 Å². The highest BCUT2D eigenvalue weighted by Gasteiger charge is 2.32. The number of rotatable bonds is 2. The summed E-state index contributed by atoms with van der Waals surface area (Å²) in [5, 5.41) is 8.10. The largest absolute Gasteiger partial charge is 0.425 e. The quantitative estimate of drug-likeness (QED) is 0.790. The van der Waals surface area contributed by atoms with Gasteiger partial charge in [-0.15, -0.1) is 10.2 Å². The molecule has 0 aromatic carbocycles. The number of nitrogens with zero attached hydrogens (tertiary/aromatic N) is 3. The van der Waals surface area contributed by atoms with Crippen LogP contribution in [0.2, 0.25) is 0 Å². The summed E-state index contributed by atoms with van der Waals surface area (Å²) in [7, 11) is 0. The van der Waals surface area contributed by atoms with E-state index < -0.39 is 0 Å². The van der Waals surface area contributed by atoms with Crippen LogP contribution in [0.4, 0.5) is 0 Å². The van der Waals surface area contributed by atoms with Gasteiger partial charge in [-0.2, -0.15) is 0 Å². The van der Waals surface area contributed by atoms with Crippen molar-refractivity contribution in [3.8, 4) is 0 Å². The molecule has 4 nitrogen and oxygen atoms in total. The van der Waals surface area contributed by atoms with Crippen molar-refractivity contribution >= 4 is 0 Å². The van der Waals surface area contributed by atoms with E-state index in [9.17, 15) is 0 Å². The number of hydrogen-bond acceptors (Lipinski definition) is 4. The van der Waals surface area contributed by atoms with Crippen molar-refractivity contribution in [1.82, 2.24) is 15.1 Å². The Hall–Kier alpha value is -0.900. The van der Waals surface area contributed by atoms with Gasteiger partial charge in [0.1, 0.15) is 0 Å². The summed E-state index contributed by atoms with van der Waals surface area (Å²) < 4.78 is 5.55. The van der Waals surface area contributed by atoms with Gasteiger partial charge in [-0.05, 0) is 25.8 Å². The Labute approximate surface area is 102 Å². The van der Waals surface area contributed by atoms with E-state index in [1.807, 2.05) is 6.92 Å². The summed E-state index contributed by atoms with van der Waals surface area (Å²) in [6, 6.07) is 0.817. The van der Waals surface area contributed by atoms with Gasteiger partial charge in [-0.3, -0.25) is 4.90 Å². The van der Waals surface area contributed by atoms with Crippen molar-refractivity contribution in [2.24, 2.45) is 0 Å². The average Bonchev–Trinajstić information content (AvgIpc) is 2.98. The standard InChI is InChI=1S/C13H21N3O/c1-10-14-15-13(17-10)11-7-8-16(9-11)12-5-3-2-4-6-12/h11-12H,2-9H2,1H3/t11-/m0/s1. The topological polar surface area (TPSA) is 42.2 Å². The maximum atomic E-state index is 5.55. The maximum absolute atomic E-state index is 5.55. The fourth-order valence-corrected chi connectivity index (χ4v) is 3.24. The van der Waals surface area contributed by atoms with Crippen LogP contribution in [0.3, 0.4) is 0 Å². The first-order valence-electron chi connectivity index (χ1n) is 6.87. The summed E-state index contributed by atoms with van der Waals surface area (Å²) in [6.07, 6.45) is 8.19. The molecule has 17 heavy (non-hydrogen) atoms. The lowest BCUT2D eigenvalue weighted by Gasteiger charge is -2.30. The molecule has 1 aromatic heterocycles. The second-order valence-corrected chi connectivity index (χ2v) is 5.43. The molecule has 1 aliphatic heterocycles. The van der Waals surface area contributed by atoms with E-state index in [2.05, 4.69) is 15.1 Å². The number of likely N-dealkylation sites (tertiary alicyclic amines) is 1. The zero-order chi connectivity index (χ0) is 11.7. The highest BCUT2D eigenvalue weighted by molar-refractivity contribution is 4.98. The molecule has 1 atom stereocenters. The van der Waals surface area contributed by atoms with E-state index in [1.165, 1.54) is 45.1 Å². The third kappa shape index (κ3) is 2.37. The minimum atomic E-state index is 0.470. The van der Waals surface area contributed by atoms with Gasteiger partial charge >= 0.3 is 0 Å². The molecule has 0 N–H and O–H groups in total. The lowest BCUT2D eigenvalue weighted by Crippen LogP contribution is -2.34. The van der Waals surface area contributed by atoms with E-state index in [4.69, 9.17) is 4.42 Å². The zero-order valence-corrected chi connectivity index (χ0v) is 10.6. The summed E-state index contributed by atoms with van der Waals surface area (Å²) in [5.41, 5.74) is 0. The molecular formula is C13H21N3O.